The number of aliphatic imine (C=N–C) groups is 1. The van der Waals surface area contributed by atoms with E-state index in [1.807, 2.05) is 18.0 Å². The Morgan fingerprint density at radius 1 is 1.38 bits per heavy atom. The molecule has 1 amide bonds. The largest absolute Gasteiger partial charge is 0.493 e. The van der Waals surface area contributed by atoms with Gasteiger partial charge in [-0.05, 0) is 25.3 Å². The van der Waals surface area contributed by atoms with Crippen LogP contribution in [0.2, 0.25) is 0 Å². The number of methoxy groups -OCH3 is 1. The van der Waals surface area contributed by atoms with Crippen molar-refractivity contribution in [1.29, 1.82) is 0 Å². The number of hydrogen-bond donors (Lipinski definition) is 0. The molecule has 0 aromatic heterocycles. The van der Waals surface area contributed by atoms with Crippen LogP contribution in [0.25, 0.3) is 0 Å². The molecule has 0 aliphatic carbocycles. The number of amides is 1. The molecule has 5 heteroatoms. The number of fused-ring (bicyclic) bond motifs is 2. The van der Waals surface area contributed by atoms with Crippen molar-refractivity contribution in [3.63, 3.8) is 0 Å². The summed E-state index contributed by atoms with van der Waals surface area (Å²) in [4.78, 5) is 19.1. The van der Waals surface area contributed by atoms with Crippen molar-refractivity contribution in [2.75, 3.05) is 20.3 Å². The van der Waals surface area contributed by atoms with E-state index < -0.39 is 0 Å². The van der Waals surface area contributed by atoms with Crippen molar-refractivity contribution < 1.29 is 14.3 Å². The summed E-state index contributed by atoms with van der Waals surface area (Å²) in [6.45, 7) is 3.46. The van der Waals surface area contributed by atoms with Gasteiger partial charge >= 0.3 is 0 Å². The van der Waals surface area contributed by atoms with Crippen LogP contribution in [0.3, 0.4) is 0 Å². The molecule has 0 spiro atoms. The summed E-state index contributed by atoms with van der Waals surface area (Å²) in [5.74, 6) is 1.26. The van der Waals surface area contributed by atoms with Gasteiger partial charge in [0.25, 0.3) is 5.91 Å². The summed E-state index contributed by atoms with van der Waals surface area (Å²) in [5.41, 5.74) is 1.26. The predicted molar refractivity (Wildman–Crippen MR) is 81.0 cm³/mol. The molecule has 2 heterocycles. The Hall–Kier alpha value is -2.04. The van der Waals surface area contributed by atoms with Gasteiger partial charge in [-0.1, -0.05) is 6.92 Å². The molecule has 1 fully saturated rings. The predicted octanol–water partition coefficient (Wildman–Crippen LogP) is 2.80. The molecule has 112 valence electrons. The lowest BCUT2D eigenvalue weighted by Crippen LogP contribution is -2.35. The Morgan fingerprint density at radius 3 is 3.00 bits per heavy atom. The first kappa shape index (κ1) is 13.9. The highest BCUT2D eigenvalue weighted by Gasteiger charge is 2.32. The molecule has 0 unspecified atom stereocenters. The lowest BCUT2D eigenvalue weighted by molar-refractivity contribution is 0.0774. The van der Waals surface area contributed by atoms with E-state index >= 15 is 0 Å². The molecular formula is C16H20N2O3. The van der Waals surface area contributed by atoms with E-state index in [9.17, 15) is 4.79 Å². The monoisotopic (exact) mass is 288 g/mol. The zero-order chi connectivity index (χ0) is 14.8. The van der Waals surface area contributed by atoms with Crippen molar-refractivity contribution in [2.45, 2.75) is 32.2 Å². The van der Waals surface area contributed by atoms with E-state index in [1.165, 1.54) is 0 Å². The normalized spacial score (nSPS) is 20.0. The number of carbonyl (C=O) groups is 1. The summed E-state index contributed by atoms with van der Waals surface area (Å²) >= 11 is 0. The fourth-order valence-corrected chi connectivity index (χ4v) is 2.83. The summed E-state index contributed by atoms with van der Waals surface area (Å²) < 4.78 is 11.1. The lowest BCUT2D eigenvalue weighted by Gasteiger charge is -2.20. The summed E-state index contributed by atoms with van der Waals surface area (Å²) in [6, 6.07) is 3.68. The molecule has 21 heavy (non-hydrogen) atoms. The van der Waals surface area contributed by atoms with Crippen LogP contribution < -0.4 is 9.47 Å². The number of carbonyl (C=O) groups excluding carboxylic acids is 1. The van der Waals surface area contributed by atoms with Gasteiger partial charge in [0, 0.05) is 18.8 Å². The molecule has 2 aliphatic rings. The maximum absolute atomic E-state index is 12.7. The van der Waals surface area contributed by atoms with Gasteiger partial charge in [0.15, 0.2) is 11.5 Å². The van der Waals surface area contributed by atoms with Gasteiger partial charge in [0.1, 0.15) is 0 Å². The minimum atomic E-state index is 0.0327. The third kappa shape index (κ3) is 2.48. The minimum Gasteiger partial charge on any atom is -0.493 e. The fourth-order valence-electron chi connectivity index (χ4n) is 2.83. The summed E-state index contributed by atoms with van der Waals surface area (Å²) in [5, 5.41) is 0. The molecule has 1 atom stereocenters. The first-order valence-corrected chi connectivity index (χ1v) is 7.44. The molecule has 0 radical (unpaired) electrons. The van der Waals surface area contributed by atoms with E-state index in [0.29, 0.717) is 29.4 Å². The lowest BCUT2D eigenvalue weighted by atomic mass is 10.1. The Kier molecular flexibility index (Phi) is 3.82. The first-order chi connectivity index (χ1) is 10.2. The second-order valence-corrected chi connectivity index (χ2v) is 5.35. The highest BCUT2D eigenvalue weighted by molar-refractivity contribution is 6.03. The van der Waals surface area contributed by atoms with Gasteiger partial charge in [0.2, 0.25) is 0 Å². The molecule has 0 N–H and O–H groups in total. The Balaban J connectivity index is 2.02. The van der Waals surface area contributed by atoms with Crippen molar-refractivity contribution in [2.24, 2.45) is 4.99 Å². The Labute approximate surface area is 124 Å². The molecule has 5 nitrogen and oxygen atoms in total. The highest BCUT2D eigenvalue weighted by Crippen LogP contribution is 2.37. The molecule has 3 rings (SSSR count). The quantitative estimate of drug-likeness (QED) is 0.856. The van der Waals surface area contributed by atoms with Gasteiger partial charge in [-0.3, -0.25) is 9.79 Å². The number of hydrogen-bond acceptors (Lipinski definition) is 4. The van der Waals surface area contributed by atoms with Crippen molar-refractivity contribution >= 4 is 17.8 Å². The van der Waals surface area contributed by atoms with E-state index in [0.717, 1.165) is 25.8 Å². The maximum Gasteiger partial charge on any atom is 0.256 e. The fraction of sp³-hybridized carbons (Fsp3) is 0.500. The Morgan fingerprint density at radius 2 is 2.24 bits per heavy atom. The smallest absolute Gasteiger partial charge is 0.256 e. The summed E-state index contributed by atoms with van der Waals surface area (Å²) in [6.07, 6.45) is 4.82. The van der Waals surface area contributed by atoms with Crippen LogP contribution in [0.5, 0.6) is 11.5 Å². The van der Waals surface area contributed by atoms with Crippen LogP contribution in [0.4, 0.5) is 5.69 Å². The topological polar surface area (TPSA) is 51.1 Å². The average Bonchev–Trinajstić information content (AvgIpc) is 2.93. The minimum absolute atomic E-state index is 0.0327. The molecule has 2 aliphatic heterocycles. The van der Waals surface area contributed by atoms with Crippen LogP contribution in [0.1, 0.15) is 36.5 Å². The maximum atomic E-state index is 12.7. The van der Waals surface area contributed by atoms with Gasteiger partial charge in [0.05, 0.1) is 31.0 Å². The third-order valence-corrected chi connectivity index (χ3v) is 3.92. The Bertz CT molecular complexity index is 583. The highest BCUT2D eigenvalue weighted by atomic mass is 16.5. The molecule has 0 bridgehead atoms. The van der Waals surface area contributed by atoms with Crippen molar-refractivity contribution in [3.8, 4) is 11.5 Å². The number of nitrogens with zero attached hydrogens (tertiary/aromatic N) is 2. The van der Waals surface area contributed by atoms with Crippen molar-refractivity contribution in [3.05, 3.63) is 17.7 Å². The van der Waals surface area contributed by atoms with Crippen LogP contribution in [0, 0.1) is 0 Å². The standard InChI is InChI=1S/C16H20N2O3/c1-3-7-21-15-9-13-12(8-14(15)20-2)16(19)18-6-4-5-11(18)10-17-13/h8-11H,3-7H2,1-2H3/t11-/m0/s1. The molecule has 1 aromatic rings. The van der Waals surface area contributed by atoms with E-state index in [-0.39, 0.29) is 11.9 Å². The van der Waals surface area contributed by atoms with Gasteiger partial charge in [-0.15, -0.1) is 0 Å². The molecular weight excluding hydrogens is 268 g/mol. The zero-order valence-electron chi connectivity index (χ0n) is 12.5. The number of benzene rings is 1. The first-order valence-electron chi connectivity index (χ1n) is 7.44. The third-order valence-electron chi connectivity index (χ3n) is 3.92. The second kappa shape index (κ2) is 5.76. The zero-order valence-corrected chi connectivity index (χ0v) is 12.5. The van der Waals surface area contributed by atoms with Gasteiger partial charge < -0.3 is 14.4 Å². The SMILES string of the molecule is CCCOc1cc2c(cc1OC)C(=O)N1CCC[C@H]1C=N2. The molecule has 1 aromatic carbocycles. The second-order valence-electron chi connectivity index (χ2n) is 5.35. The van der Waals surface area contributed by atoms with E-state index in [4.69, 9.17) is 9.47 Å². The van der Waals surface area contributed by atoms with Crippen LogP contribution in [-0.2, 0) is 0 Å². The van der Waals surface area contributed by atoms with E-state index in [1.54, 1.807) is 19.2 Å². The average molecular weight is 288 g/mol. The van der Waals surface area contributed by atoms with Crippen LogP contribution >= 0.6 is 0 Å². The molecule has 0 saturated carbocycles. The van der Waals surface area contributed by atoms with Crippen LogP contribution in [-0.4, -0.2) is 43.3 Å². The van der Waals surface area contributed by atoms with Gasteiger partial charge in [-0.25, -0.2) is 0 Å². The molecule has 1 saturated heterocycles. The van der Waals surface area contributed by atoms with Gasteiger partial charge in [-0.2, -0.15) is 0 Å². The summed E-state index contributed by atoms with van der Waals surface area (Å²) in [7, 11) is 1.59. The number of ether oxygens (including phenoxy) is 2. The number of rotatable bonds is 4. The van der Waals surface area contributed by atoms with Crippen LogP contribution in [0.15, 0.2) is 17.1 Å². The van der Waals surface area contributed by atoms with E-state index in [2.05, 4.69) is 4.99 Å². The van der Waals surface area contributed by atoms with Crippen molar-refractivity contribution in [1.82, 2.24) is 4.90 Å².